The molecule has 0 aromatic heterocycles. The van der Waals surface area contributed by atoms with Crippen LogP contribution in [0.15, 0.2) is 22.7 Å². The molecule has 0 radical (unpaired) electrons. The van der Waals surface area contributed by atoms with Gasteiger partial charge in [-0.25, -0.2) is 4.39 Å². The Bertz CT molecular complexity index is 358. The molecule has 2 atom stereocenters. The van der Waals surface area contributed by atoms with Crippen molar-refractivity contribution in [1.82, 2.24) is 5.32 Å². The Balaban J connectivity index is 2.21. The predicted octanol–water partition coefficient (Wildman–Crippen LogP) is 2.64. The van der Waals surface area contributed by atoms with E-state index in [1.54, 1.807) is 6.07 Å². The van der Waals surface area contributed by atoms with Crippen molar-refractivity contribution in [2.24, 2.45) is 0 Å². The van der Waals surface area contributed by atoms with E-state index in [4.69, 9.17) is 4.74 Å². The number of hydrogen-bond donors (Lipinski definition) is 1. The molecule has 0 bridgehead atoms. The standard InChI is InChI=1S/C11H13BrFNO/c1-7-5-14-6-11(15-7)9-3-2-8(13)4-10(9)12/h2-4,7,11,14H,5-6H2,1H3. The van der Waals surface area contributed by atoms with Crippen molar-refractivity contribution in [3.63, 3.8) is 0 Å². The SMILES string of the molecule is CC1CNCC(c2ccc(F)cc2Br)O1. The zero-order valence-electron chi connectivity index (χ0n) is 8.47. The van der Waals surface area contributed by atoms with Gasteiger partial charge in [0.2, 0.25) is 0 Å². The van der Waals surface area contributed by atoms with Crippen molar-refractivity contribution in [3.8, 4) is 0 Å². The monoisotopic (exact) mass is 273 g/mol. The lowest BCUT2D eigenvalue weighted by atomic mass is 10.1. The Kier molecular flexibility index (Phi) is 3.38. The molecule has 2 unspecified atom stereocenters. The second-order valence-corrected chi connectivity index (χ2v) is 4.61. The number of hydrogen-bond acceptors (Lipinski definition) is 2. The fraction of sp³-hybridized carbons (Fsp3) is 0.455. The summed E-state index contributed by atoms with van der Waals surface area (Å²) in [5.74, 6) is -0.234. The zero-order valence-corrected chi connectivity index (χ0v) is 10.1. The van der Waals surface area contributed by atoms with Crippen LogP contribution in [0, 0.1) is 5.82 Å². The summed E-state index contributed by atoms with van der Waals surface area (Å²) in [6, 6.07) is 4.70. The predicted molar refractivity (Wildman–Crippen MR) is 60.3 cm³/mol. The normalized spacial score (nSPS) is 26.6. The van der Waals surface area contributed by atoms with Crippen LogP contribution in [-0.4, -0.2) is 19.2 Å². The maximum absolute atomic E-state index is 12.9. The first-order valence-electron chi connectivity index (χ1n) is 4.98. The average Bonchev–Trinajstić information content (AvgIpc) is 2.17. The third-order valence-corrected chi connectivity index (χ3v) is 3.15. The van der Waals surface area contributed by atoms with Crippen molar-refractivity contribution in [1.29, 1.82) is 0 Å². The summed E-state index contributed by atoms with van der Waals surface area (Å²) in [5.41, 5.74) is 0.996. The van der Waals surface area contributed by atoms with Crippen molar-refractivity contribution >= 4 is 15.9 Å². The fourth-order valence-corrected chi connectivity index (χ4v) is 2.35. The maximum atomic E-state index is 12.9. The summed E-state index contributed by atoms with van der Waals surface area (Å²) in [4.78, 5) is 0. The van der Waals surface area contributed by atoms with Gasteiger partial charge in [0.1, 0.15) is 5.82 Å². The number of ether oxygens (including phenoxy) is 1. The minimum Gasteiger partial charge on any atom is -0.368 e. The summed E-state index contributed by atoms with van der Waals surface area (Å²) in [6.45, 7) is 3.67. The van der Waals surface area contributed by atoms with E-state index >= 15 is 0 Å². The first kappa shape index (κ1) is 11.0. The molecule has 2 nitrogen and oxygen atoms in total. The molecule has 1 aromatic rings. The number of nitrogens with one attached hydrogen (secondary N) is 1. The molecular weight excluding hydrogens is 261 g/mol. The third kappa shape index (κ3) is 2.56. The topological polar surface area (TPSA) is 21.3 Å². The lowest BCUT2D eigenvalue weighted by Crippen LogP contribution is -2.39. The Hall–Kier alpha value is -0.450. The second-order valence-electron chi connectivity index (χ2n) is 3.76. The highest BCUT2D eigenvalue weighted by Gasteiger charge is 2.22. The molecule has 1 aliphatic rings. The molecule has 0 amide bonds. The van der Waals surface area contributed by atoms with E-state index < -0.39 is 0 Å². The fourth-order valence-electron chi connectivity index (χ4n) is 1.74. The van der Waals surface area contributed by atoms with Gasteiger partial charge in [0.05, 0.1) is 12.2 Å². The first-order chi connectivity index (χ1) is 7.16. The summed E-state index contributed by atoms with van der Waals surface area (Å²) in [7, 11) is 0. The van der Waals surface area contributed by atoms with Crippen LogP contribution < -0.4 is 5.32 Å². The van der Waals surface area contributed by atoms with Gasteiger partial charge in [-0.05, 0) is 24.6 Å². The smallest absolute Gasteiger partial charge is 0.124 e. The molecule has 1 heterocycles. The largest absolute Gasteiger partial charge is 0.368 e. The second kappa shape index (κ2) is 4.60. The Morgan fingerprint density at radius 2 is 2.27 bits per heavy atom. The average molecular weight is 274 g/mol. The van der Waals surface area contributed by atoms with Gasteiger partial charge in [0.15, 0.2) is 0 Å². The lowest BCUT2D eigenvalue weighted by molar-refractivity contribution is -0.0290. The van der Waals surface area contributed by atoms with E-state index in [1.807, 2.05) is 6.92 Å². The first-order valence-corrected chi connectivity index (χ1v) is 5.77. The number of rotatable bonds is 1. The molecule has 82 valence electrons. The molecule has 1 aromatic carbocycles. The summed E-state index contributed by atoms with van der Waals surface area (Å²) in [6.07, 6.45) is 0.199. The minimum atomic E-state index is -0.234. The van der Waals surface area contributed by atoms with Crippen LogP contribution in [-0.2, 0) is 4.74 Å². The van der Waals surface area contributed by atoms with E-state index in [1.165, 1.54) is 12.1 Å². The van der Waals surface area contributed by atoms with Crippen LogP contribution in [0.2, 0.25) is 0 Å². The summed E-state index contributed by atoms with van der Waals surface area (Å²) >= 11 is 3.35. The molecule has 0 spiro atoms. The zero-order chi connectivity index (χ0) is 10.8. The van der Waals surface area contributed by atoms with E-state index in [0.717, 1.165) is 23.1 Å². The molecule has 0 aliphatic carbocycles. The van der Waals surface area contributed by atoms with E-state index in [-0.39, 0.29) is 18.0 Å². The molecule has 0 saturated carbocycles. The van der Waals surface area contributed by atoms with Crippen LogP contribution in [0.3, 0.4) is 0 Å². The Morgan fingerprint density at radius 1 is 1.47 bits per heavy atom. The van der Waals surface area contributed by atoms with Crippen LogP contribution >= 0.6 is 15.9 Å². The maximum Gasteiger partial charge on any atom is 0.124 e. The van der Waals surface area contributed by atoms with Crippen LogP contribution in [0.5, 0.6) is 0 Å². The highest BCUT2D eigenvalue weighted by molar-refractivity contribution is 9.10. The molecule has 1 saturated heterocycles. The van der Waals surface area contributed by atoms with Crippen molar-refractivity contribution in [2.45, 2.75) is 19.1 Å². The highest BCUT2D eigenvalue weighted by Crippen LogP contribution is 2.28. The third-order valence-electron chi connectivity index (χ3n) is 2.47. The van der Waals surface area contributed by atoms with Crippen molar-refractivity contribution in [2.75, 3.05) is 13.1 Å². The van der Waals surface area contributed by atoms with Gasteiger partial charge >= 0.3 is 0 Å². The van der Waals surface area contributed by atoms with Crippen LogP contribution in [0.1, 0.15) is 18.6 Å². The number of benzene rings is 1. The molecule has 15 heavy (non-hydrogen) atoms. The summed E-state index contributed by atoms with van der Waals surface area (Å²) < 4.78 is 19.5. The lowest BCUT2D eigenvalue weighted by Gasteiger charge is -2.29. The molecule has 2 rings (SSSR count). The van der Waals surface area contributed by atoms with Gasteiger partial charge in [-0.2, -0.15) is 0 Å². The van der Waals surface area contributed by atoms with Gasteiger partial charge in [0, 0.05) is 17.6 Å². The molecule has 4 heteroatoms. The van der Waals surface area contributed by atoms with E-state index in [9.17, 15) is 4.39 Å². The van der Waals surface area contributed by atoms with Gasteiger partial charge in [-0.1, -0.05) is 22.0 Å². The minimum absolute atomic E-state index is 0.00345. The Labute approximate surface area is 96.9 Å². The molecule has 1 fully saturated rings. The van der Waals surface area contributed by atoms with Crippen molar-refractivity contribution < 1.29 is 9.13 Å². The number of morpholine rings is 1. The highest BCUT2D eigenvalue weighted by atomic mass is 79.9. The van der Waals surface area contributed by atoms with Gasteiger partial charge in [-0.3, -0.25) is 0 Å². The van der Waals surface area contributed by atoms with Crippen LogP contribution in [0.4, 0.5) is 4.39 Å². The van der Waals surface area contributed by atoms with E-state index in [2.05, 4.69) is 21.2 Å². The Morgan fingerprint density at radius 3 is 2.93 bits per heavy atom. The summed E-state index contributed by atoms with van der Waals surface area (Å²) in [5, 5.41) is 3.29. The van der Waals surface area contributed by atoms with Gasteiger partial charge in [-0.15, -0.1) is 0 Å². The van der Waals surface area contributed by atoms with Crippen LogP contribution in [0.25, 0.3) is 0 Å². The van der Waals surface area contributed by atoms with E-state index in [0.29, 0.717) is 0 Å². The van der Waals surface area contributed by atoms with Gasteiger partial charge < -0.3 is 10.1 Å². The van der Waals surface area contributed by atoms with Crippen molar-refractivity contribution in [3.05, 3.63) is 34.1 Å². The molecule has 1 aliphatic heterocycles. The number of halogens is 2. The van der Waals surface area contributed by atoms with Gasteiger partial charge in [0.25, 0.3) is 0 Å². The molecular formula is C11H13BrFNO. The molecule has 1 N–H and O–H groups in total. The quantitative estimate of drug-likeness (QED) is 0.850.